The fraction of sp³-hybridized carbons (Fsp3) is 0.429. The number of benzene rings is 1. The number of nitrogens with zero attached hydrogens (tertiary/aromatic N) is 4. The van der Waals surface area contributed by atoms with Crippen molar-refractivity contribution in [3.8, 4) is 0 Å². The second kappa shape index (κ2) is 7.85. The molecule has 0 saturated carbocycles. The third-order valence-electron chi connectivity index (χ3n) is 5.48. The molecule has 1 unspecified atom stereocenters. The van der Waals surface area contributed by atoms with Crippen LogP contribution in [0.1, 0.15) is 33.8 Å². The summed E-state index contributed by atoms with van der Waals surface area (Å²) in [6.45, 7) is 4.32. The van der Waals surface area contributed by atoms with Crippen molar-refractivity contribution in [3.63, 3.8) is 0 Å². The summed E-state index contributed by atoms with van der Waals surface area (Å²) >= 11 is 7.54. The quantitative estimate of drug-likeness (QED) is 0.637. The molecular weight excluding hydrogens is 392 g/mol. The molecule has 7 heteroatoms. The molecule has 1 aromatic carbocycles. The Morgan fingerprint density at radius 3 is 2.79 bits per heavy atom. The molecule has 0 bridgehead atoms. The average molecular weight is 417 g/mol. The molecule has 2 aromatic heterocycles. The van der Waals surface area contributed by atoms with Crippen LogP contribution in [0.4, 0.5) is 0 Å². The van der Waals surface area contributed by atoms with E-state index >= 15 is 0 Å². The topological polar surface area (TPSA) is 41.4 Å². The van der Waals surface area contributed by atoms with E-state index in [9.17, 15) is 4.79 Å². The minimum atomic E-state index is 0.144. The van der Waals surface area contributed by atoms with Crippen LogP contribution in [0, 0.1) is 6.92 Å². The van der Waals surface area contributed by atoms with Crippen molar-refractivity contribution in [2.75, 3.05) is 27.2 Å². The number of amides is 1. The summed E-state index contributed by atoms with van der Waals surface area (Å²) in [5.41, 5.74) is 2.10. The first-order valence-corrected chi connectivity index (χ1v) is 10.8. The SMILES string of the molecule is Cc1nn(Cc2ccc(Cl)cc2)c2sc(C(=O)N3CCCC(N(C)C)C3)cc12. The summed E-state index contributed by atoms with van der Waals surface area (Å²) in [5, 5.41) is 6.48. The molecule has 1 atom stereocenters. The van der Waals surface area contributed by atoms with Crippen molar-refractivity contribution in [1.29, 1.82) is 0 Å². The number of likely N-dealkylation sites (N-methyl/N-ethyl adjacent to an activating group) is 1. The third-order valence-corrected chi connectivity index (χ3v) is 6.87. The second-order valence-electron chi connectivity index (χ2n) is 7.71. The fourth-order valence-corrected chi connectivity index (χ4v) is 5.06. The van der Waals surface area contributed by atoms with Gasteiger partial charge in [-0.1, -0.05) is 23.7 Å². The number of aromatic nitrogens is 2. The number of likely N-dealkylation sites (tertiary alicyclic amines) is 1. The Bertz CT molecular complexity index is 992. The second-order valence-corrected chi connectivity index (χ2v) is 9.18. The van der Waals surface area contributed by atoms with Crippen LogP contribution >= 0.6 is 22.9 Å². The van der Waals surface area contributed by atoms with Crippen molar-refractivity contribution in [3.05, 3.63) is 51.5 Å². The van der Waals surface area contributed by atoms with Crippen LogP contribution in [0.3, 0.4) is 0 Å². The fourth-order valence-electron chi connectivity index (χ4n) is 3.80. The van der Waals surface area contributed by atoms with Gasteiger partial charge in [-0.15, -0.1) is 11.3 Å². The van der Waals surface area contributed by atoms with E-state index < -0.39 is 0 Å². The number of thiophene rings is 1. The zero-order valence-corrected chi connectivity index (χ0v) is 18.1. The van der Waals surface area contributed by atoms with E-state index in [0.717, 1.165) is 57.3 Å². The maximum Gasteiger partial charge on any atom is 0.264 e. The Labute approximate surface area is 174 Å². The van der Waals surface area contributed by atoms with Gasteiger partial charge in [-0.05, 0) is 57.6 Å². The predicted octanol–water partition coefficient (Wildman–Crippen LogP) is 4.27. The lowest BCUT2D eigenvalue weighted by Gasteiger charge is -2.35. The van der Waals surface area contributed by atoms with Gasteiger partial charge in [0, 0.05) is 29.5 Å². The Morgan fingerprint density at radius 2 is 2.07 bits per heavy atom. The Balaban J connectivity index is 1.59. The monoisotopic (exact) mass is 416 g/mol. The molecule has 1 fully saturated rings. The number of carbonyl (C=O) groups is 1. The summed E-state index contributed by atoms with van der Waals surface area (Å²) in [6.07, 6.45) is 2.21. The first kappa shape index (κ1) is 19.4. The Kier molecular flexibility index (Phi) is 5.45. The van der Waals surface area contributed by atoms with Crippen LogP contribution in [0.5, 0.6) is 0 Å². The molecule has 4 rings (SSSR count). The van der Waals surface area contributed by atoms with Gasteiger partial charge in [0.15, 0.2) is 0 Å². The van der Waals surface area contributed by atoms with Gasteiger partial charge in [-0.25, -0.2) is 0 Å². The highest BCUT2D eigenvalue weighted by atomic mass is 35.5. The number of fused-ring (bicyclic) bond motifs is 1. The van der Waals surface area contributed by atoms with Crippen molar-refractivity contribution in [1.82, 2.24) is 19.6 Å². The van der Waals surface area contributed by atoms with Gasteiger partial charge in [0.1, 0.15) is 4.83 Å². The van der Waals surface area contributed by atoms with E-state index in [1.165, 1.54) is 0 Å². The summed E-state index contributed by atoms with van der Waals surface area (Å²) in [5.74, 6) is 0.144. The minimum Gasteiger partial charge on any atom is -0.336 e. The zero-order valence-electron chi connectivity index (χ0n) is 16.5. The number of halogens is 1. The first-order valence-electron chi connectivity index (χ1n) is 9.59. The molecule has 28 heavy (non-hydrogen) atoms. The van der Waals surface area contributed by atoms with Gasteiger partial charge in [0.2, 0.25) is 0 Å². The molecule has 5 nitrogen and oxygen atoms in total. The molecule has 1 aliphatic rings. The van der Waals surface area contributed by atoms with Crippen molar-refractivity contribution < 1.29 is 4.79 Å². The zero-order chi connectivity index (χ0) is 19.8. The van der Waals surface area contributed by atoms with Crippen molar-refractivity contribution in [2.24, 2.45) is 0 Å². The Hall–Kier alpha value is -1.89. The minimum absolute atomic E-state index is 0.144. The molecule has 1 aliphatic heterocycles. The molecule has 1 amide bonds. The van der Waals surface area contributed by atoms with E-state index in [-0.39, 0.29) is 5.91 Å². The van der Waals surface area contributed by atoms with Gasteiger partial charge < -0.3 is 9.80 Å². The maximum absolute atomic E-state index is 13.1. The number of rotatable bonds is 4. The molecule has 3 heterocycles. The summed E-state index contributed by atoms with van der Waals surface area (Å²) in [6, 6.07) is 10.3. The smallest absolute Gasteiger partial charge is 0.264 e. The first-order chi connectivity index (χ1) is 13.4. The van der Waals surface area contributed by atoms with Crippen LogP contribution in [-0.2, 0) is 6.54 Å². The van der Waals surface area contributed by atoms with E-state index in [4.69, 9.17) is 11.6 Å². The Morgan fingerprint density at radius 1 is 1.32 bits per heavy atom. The molecule has 148 valence electrons. The van der Waals surface area contributed by atoms with Gasteiger partial charge >= 0.3 is 0 Å². The van der Waals surface area contributed by atoms with Gasteiger partial charge in [-0.2, -0.15) is 5.10 Å². The van der Waals surface area contributed by atoms with Crippen LogP contribution in [0.25, 0.3) is 10.2 Å². The van der Waals surface area contributed by atoms with Gasteiger partial charge in [0.05, 0.1) is 17.1 Å². The normalized spacial score (nSPS) is 17.6. The van der Waals surface area contributed by atoms with Gasteiger partial charge in [-0.3, -0.25) is 9.48 Å². The van der Waals surface area contributed by atoms with Crippen LogP contribution < -0.4 is 0 Å². The molecule has 0 spiro atoms. The number of aryl methyl sites for hydroxylation is 1. The average Bonchev–Trinajstić information content (AvgIpc) is 3.24. The summed E-state index contributed by atoms with van der Waals surface area (Å²) in [4.78, 5) is 19.2. The standard InChI is InChI=1S/C21H25ClN4OS/c1-14-18-11-19(20(27)25-10-4-5-17(13-25)24(2)3)28-21(18)26(23-14)12-15-6-8-16(22)9-7-15/h6-9,11,17H,4-5,10,12-13H2,1-3H3. The number of piperidine rings is 1. The van der Waals surface area contributed by atoms with Crippen LogP contribution in [-0.4, -0.2) is 58.7 Å². The highest BCUT2D eigenvalue weighted by Gasteiger charge is 2.27. The van der Waals surface area contributed by atoms with E-state index in [0.29, 0.717) is 12.6 Å². The molecular formula is C21H25ClN4OS. The lowest BCUT2D eigenvalue weighted by atomic mass is 10.0. The third kappa shape index (κ3) is 3.81. The molecule has 0 N–H and O–H groups in total. The number of hydrogen-bond donors (Lipinski definition) is 0. The van der Waals surface area contributed by atoms with Crippen LogP contribution in [0.2, 0.25) is 5.02 Å². The highest BCUT2D eigenvalue weighted by Crippen LogP contribution is 2.30. The molecule has 1 saturated heterocycles. The molecule has 0 aliphatic carbocycles. The molecule has 0 radical (unpaired) electrons. The van der Waals surface area contributed by atoms with Crippen molar-refractivity contribution in [2.45, 2.75) is 32.4 Å². The summed E-state index contributed by atoms with van der Waals surface area (Å²) < 4.78 is 1.99. The van der Waals surface area contributed by atoms with Gasteiger partial charge in [0.25, 0.3) is 5.91 Å². The summed E-state index contributed by atoms with van der Waals surface area (Å²) in [7, 11) is 4.18. The van der Waals surface area contributed by atoms with Crippen molar-refractivity contribution >= 4 is 39.1 Å². The number of hydrogen-bond acceptors (Lipinski definition) is 4. The largest absolute Gasteiger partial charge is 0.336 e. The van der Waals surface area contributed by atoms with E-state index in [1.54, 1.807) is 11.3 Å². The highest BCUT2D eigenvalue weighted by molar-refractivity contribution is 7.20. The maximum atomic E-state index is 13.1. The van der Waals surface area contributed by atoms with E-state index in [2.05, 4.69) is 24.1 Å². The number of carbonyl (C=O) groups excluding carboxylic acids is 1. The lowest BCUT2D eigenvalue weighted by Crippen LogP contribution is -2.47. The lowest BCUT2D eigenvalue weighted by molar-refractivity contribution is 0.0640. The predicted molar refractivity (Wildman–Crippen MR) is 116 cm³/mol. The molecule has 3 aromatic rings. The van der Waals surface area contributed by atoms with Crippen LogP contribution in [0.15, 0.2) is 30.3 Å². The van der Waals surface area contributed by atoms with E-state index in [1.807, 2.05) is 46.8 Å².